The molecule has 0 saturated heterocycles. The van der Waals surface area contributed by atoms with Crippen LogP contribution in [0.1, 0.15) is 11.1 Å². The summed E-state index contributed by atoms with van der Waals surface area (Å²) in [5.41, 5.74) is 9.08. The van der Waals surface area contributed by atoms with Crippen LogP contribution in [0.25, 0.3) is 22.2 Å². The summed E-state index contributed by atoms with van der Waals surface area (Å²) >= 11 is 0. The van der Waals surface area contributed by atoms with Gasteiger partial charge in [-0.1, -0.05) is 36.4 Å². The van der Waals surface area contributed by atoms with Gasteiger partial charge in [0.25, 0.3) is 0 Å². The van der Waals surface area contributed by atoms with E-state index < -0.39 is 0 Å². The van der Waals surface area contributed by atoms with Crippen LogP contribution in [0.3, 0.4) is 0 Å². The molecule has 3 heteroatoms. The van der Waals surface area contributed by atoms with Gasteiger partial charge in [-0.15, -0.1) is 0 Å². The van der Waals surface area contributed by atoms with Gasteiger partial charge in [-0.2, -0.15) is 0 Å². The Kier molecular flexibility index (Phi) is 3.12. The van der Waals surface area contributed by atoms with Crippen LogP contribution < -0.4 is 11.3 Å². The molecular formula is C17H17N3. The number of nitrogen functional groups attached to an aromatic ring is 1. The fourth-order valence-electron chi connectivity index (χ4n) is 2.63. The maximum atomic E-state index is 5.69. The van der Waals surface area contributed by atoms with E-state index in [1.807, 2.05) is 24.3 Å². The van der Waals surface area contributed by atoms with Gasteiger partial charge in [0, 0.05) is 10.9 Å². The molecule has 3 aromatic rings. The highest BCUT2D eigenvalue weighted by molar-refractivity contribution is 5.96. The van der Waals surface area contributed by atoms with Crippen molar-refractivity contribution in [3.8, 4) is 11.3 Å². The van der Waals surface area contributed by atoms with Gasteiger partial charge < -0.3 is 5.43 Å². The molecule has 1 heterocycles. The van der Waals surface area contributed by atoms with Gasteiger partial charge in [0.05, 0.1) is 16.9 Å². The summed E-state index contributed by atoms with van der Waals surface area (Å²) in [6, 6.07) is 16.4. The quantitative estimate of drug-likeness (QED) is 0.546. The third-order valence-electron chi connectivity index (χ3n) is 3.48. The number of hydrogen-bond donors (Lipinski definition) is 2. The smallest absolute Gasteiger partial charge is 0.0736 e. The van der Waals surface area contributed by atoms with Crippen molar-refractivity contribution in [2.75, 3.05) is 5.43 Å². The maximum Gasteiger partial charge on any atom is 0.0736 e. The van der Waals surface area contributed by atoms with E-state index in [0.29, 0.717) is 0 Å². The van der Waals surface area contributed by atoms with Crippen LogP contribution in [0.4, 0.5) is 5.69 Å². The van der Waals surface area contributed by atoms with Crippen molar-refractivity contribution >= 4 is 16.6 Å². The molecule has 0 radical (unpaired) electrons. The summed E-state index contributed by atoms with van der Waals surface area (Å²) in [6.45, 7) is 4.17. The number of pyridine rings is 1. The van der Waals surface area contributed by atoms with Gasteiger partial charge in [-0.05, 0) is 37.1 Å². The summed E-state index contributed by atoms with van der Waals surface area (Å²) in [5, 5.41) is 1.08. The van der Waals surface area contributed by atoms with E-state index in [-0.39, 0.29) is 0 Å². The summed E-state index contributed by atoms with van der Waals surface area (Å²) in [7, 11) is 0. The van der Waals surface area contributed by atoms with Crippen molar-refractivity contribution in [3.63, 3.8) is 0 Å². The van der Waals surface area contributed by atoms with E-state index in [9.17, 15) is 0 Å². The van der Waals surface area contributed by atoms with Gasteiger partial charge >= 0.3 is 0 Å². The van der Waals surface area contributed by atoms with E-state index in [4.69, 9.17) is 10.8 Å². The number of hydrogen-bond acceptors (Lipinski definition) is 3. The molecule has 0 spiro atoms. The Morgan fingerprint density at radius 2 is 1.75 bits per heavy atom. The first-order valence-electron chi connectivity index (χ1n) is 6.63. The van der Waals surface area contributed by atoms with E-state index in [1.165, 1.54) is 11.1 Å². The van der Waals surface area contributed by atoms with Crippen LogP contribution >= 0.6 is 0 Å². The van der Waals surface area contributed by atoms with Gasteiger partial charge in [0.1, 0.15) is 0 Å². The molecule has 20 heavy (non-hydrogen) atoms. The fraction of sp³-hybridized carbons (Fsp3) is 0.118. The summed E-state index contributed by atoms with van der Waals surface area (Å²) < 4.78 is 0. The van der Waals surface area contributed by atoms with Gasteiger partial charge in [-0.25, -0.2) is 4.98 Å². The second kappa shape index (κ2) is 4.94. The molecule has 0 fully saturated rings. The summed E-state index contributed by atoms with van der Waals surface area (Å²) in [5.74, 6) is 5.69. The van der Waals surface area contributed by atoms with Crippen LogP contribution in [-0.2, 0) is 0 Å². The normalized spacial score (nSPS) is 10.8. The molecule has 0 atom stereocenters. The molecule has 0 bridgehead atoms. The van der Waals surface area contributed by atoms with Crippen molar-refractivity contribution in [1.29, 1.82) is 0 Å². The average Bonchev–Trinajstić information content (AvgIpc) is 2.46. The van der Waals surface area contributed by atoms with Gasteiger partial charge in [0.2, 0.25) is 0 Å². The lowest BCUT2D eigenvalue weighted by atomic mass is 10.0. The number of nitrogens with zero attached hydrogens (tertiary/aromatic N) is 1. The number of benzene rings is 2. The van der Waals surface area contributed by atoms with Crippen molar-refractivity contribution in [2.24, 2.45) is 5.84 Å². The molecule has 0 aliphatic carbocycles. The Labute approximate surface area is 118 Å². The number of fused-ring (bicyclic) bond motifs is 1. The summed E-state index contributed by atoms with van der Waals surface area (Å²) in [4.78, 5) is 4.78. The Bertz CT molecular complexity index is 764. The second-order valence-electron chi connectivity index (χ2n) is 5.04. The lowest BCUT2D eigenvalue weighted by Crippen LogP contribution is -2.08. The maximum absolute atomic E-state index is 5.69. The minimum atomic E-state index is 0.909. The number of nitrogens with two attached hydrogens (primary N) is 1. The molecule has 3 rings (SSSR count). The number of rotatable bonds is 2. The third-order valence-corrected chi connectivity index (χ3v) is 3.48. The fourth-order valence-corrected chi connectivity index (χ4v) is 2.63. The molecule has 0 aliphatic heterocycles. The number of aryl methyl sites for hydroxylation is 2. The van der Waals surface area contributed by atoms with Crippen molar-refractivity contribution in [3.05, 3.63) is 59.7 Å². The Balaban J connectivity index is 2.32. The zero-order chi connectivity index (χ0) is 14.1. The van der Waals surface area contributed by atoms with Gasteiger partial charge in [0.15, 0.2) is 0 Å². The molecule has 3 N–H and O–H groups in total. The molecule has 2 aromatic carbocycles. The molecule has 1 aromatic heterocycles. The van der Waals surface area contributed by atoms with E-state index >= 15 is 0 Å². The molecule has 0 aliphatic rings. The zero-order valence-electron chi connectivity index (χ0n) is 11.6. The lowest BCUT2D eigenvalue weighted by Gasteiger charge is -2.12. The van der Waals surface area contributed by atoms with Crippen LogP contribution in [-0.4, -0.2) is 4.98 Å². The largest absolute Gasteiger partial charge is 0.323 e. The number of aromatic nitrogens is 1. The van der Waals surface area contributed by atoms with E-state index in [1.54, 1.807) is 0 Å². The number of hydrazine groups is 1. The van der Waals surface area contributed by atoms with Crippen LogP contribution in [0.2, 0.25) is 0 Å². The number of anilines is 1. The van der Waals surface area contributed by atoms with Crippen LogP contribution in [0, 0.1) is 13.8 Å². The SMILES string of the molecule is Cc1cc(C)c2c(NN)cc(-c3ccccc3)nc2c1. The predicted octanol–water partition coefficient (Wildman–Crippen LogP) is 3.80. The standard InChI is InChI=1S/C17H17N3/c1-11-8-12(2)17-15(9-11)19-14(10-16(17)20-18)13-6-4-3-5-7-13/h3-10H,18H2,1-2H3,(H,19,20). The molecule has 0 amide bonds. The monoisotopic (exact) mass is 263 g/mol. The van der Waals surface area contributed by atoms with E-state index in [0.717, 1.165) is 27.8 Å². The topological polar surface area (TPSA) is 50.9 Å². The first kappa shape index (κ1) is 12.6. The minimum Gasteiger partial charge on any atom is -0.323 e. The first-order valence-corrected chi connectivity index (χ1v) is 6.63. The molecule has 3 nitrogen and oxygen atoms in total. The molecule has 0 saturated carbocycles. The minimum absolute atomic E-state index is 0.909. The first-order chi connectivity index (χ1) is 9.69. The molecule has 0 unspecified atom stereocenters. The summed E-state index contributed by atoms with van der Waals surface area (Å²) in [6.07, 6.45) is 0. The molecule has 100 valence electrons. The highest BCUT2D eigenvalue weighted by atomic mass is 15.2. The van der Waals surface area contributed by atoms with Crippen molar-refractivity contribution < 1.29 is 0 Å². The third kappa shape index (κ3) is 2.12. The molecular weight excluding hydrogens is 246 g/mol. The van der Waals surface area contributed by atoms with Gasteiger partial charge in [-0.3, -0.25) is 5.84 Å². The lowest BCUT2D eigenvalue weighted by molar-refractivity contribution is 1.31. The highest BCUT2D eigenvalue weighted by Crippen LogP contribution is 2.30. The Morgan fingerprint density at radius 1 is 1.00 bits per heavy atom. The van der Waals surface area contributed by atoms with Crippen LogP contribution in [0.15, 0.2) is 48.5 Å². The van der Waals surface area contributed by atoms with Crippen molar-refractivity contribution in [2.45, 2.75) is 13.8 Å². The zero-order valence-corrected chi connectivity index (χ0v) is 11.6. The highest BCUT2D eigenvalue weighted by Gasteiger charge is 2.09. The Hall–Kier alpha value is -2.39. The van der Waals surface area contributed by atoms with E-state index in [2.05, 4.69) is 43.5 Å². The Morgan fingerprint density at radius 3 is 2.45 bits per heavy atom. The van der Waals surface area contributed by atoms with Crippen LogP contribution in [0.5, 0.6) is 0 Å². The predicted molar refractivity (Wildman–Crippen MR) is 84.5 cm³/mol. The number of nitrogens with one attached hydrogen (secondary N) is 1. The van der Waals surface area contributed by atoms with Crippen molar-refractivity contribution in [1.82, 2.24) is 4.98 Å². The second-order valence-corrected chi connectivity index (χ2v) is 5.04. The average molecular weight is 263 g/mol.